The highest BCUT2D eigenvalue weighted by Crippen LogP contribution is 2.33. The largest absolute Gasteiger partial charge is 0.497 e. The summed E-state index contributed by atoms with van der Waals surface area (Å²) in [6.45, 7) is 1.07. The molecule has 0 spiro atoms. The molecule has 154 valence electrons. The summed E-state index contributed by atoms with van der Waals surface area (Å²) in [6, 6.07) is 21.6. The van der Waals surface area contributed by atoms with Crippen molar-refractivity contribution in [3.8, 4) is 5.75 Å². The van der Waals surface area contributed by atoms with E-state index in [2.05, 4.69) is 5.32 Å². The van der Waals surface area contributed by atoms with Gasteiger partial charge in [-0.2, -0.15) is 0 Å². The fourth-order valence-corrected chi connectivity index (χ4v) is 4.12. The first kappa shape index (κ1) is 20.0. The molecule has 1 saturated heterocycles. The van der Waals surface area contributed by atoms with Crippen LogP contribution < -0.4 is 10.1 Å². The number of methoxy groups -OCH3 is 1. The molecule has 1 aliphatic rings. The highest BCUT2D eigenvalue weighted by atomic mass is 16.5. The van der Waals surface area contributed by atoms with Crippen LogP contribution in [-0.4, -0.2) is 36.9 Å². The Balaban J connectivity index is 1.34. The van der Waals surface area contributed by atoms with Gasteiger partial charge in [-0.15, -0.1) is 0 Å². The minimum absolute atomic E-state index is 0.0686. The third-order valence-corrected chi connectivity index (χ3v) is 5.69. The van der Waals surface area contributed by atoms with Crippen molar-refractivity contribution in [2.75, 3.05) is 20.2 Å². The predicted molar refractivity (Wildman–Crippen MR) is 118 cm³/mol. The molecule has 0 saturated carbocycles. The van der Waals surface area contributed by atoms with Crippen molar-refractivity contribution in [1.82, 2.24) is 10.2 Å². The van der Waals surface area contributed by atoms with Gasteiger partial charge in [-0.1, -0.05) is 42.5 Å². The zero-order chi connectivity index (χ0) is 20.9. The van der Waals surface area contributed by atoms with Gasteiger partial charge in [0.05, 0.1) is 13.2 Å². The van der Waals surface area contributed by atoms with Crippen molar-refractivity contribution in [3.63, 3.8) is 0 Å². The molecule has 1 N–H and O–H groups in total. The van der Waals surface area contributed by atoms with E-state index in [1.807, 2.05) is 71.6 Å². The van der Waals surface area contributed by atoms with Crippen LogP contribution in [0.1, 0.15) is 41.2 Å². The maximum atomic E-state index is 12.8. The smallest absolute Gasteiger partial charge is 0.251 e. The van der Waals surface area contributed by atoms with E-state index in [0.717, 1.165) is 41.5 Å². The van der Waals surface area contributed by atoms with Crippen LogP contribution in [0.3, 0.4) is 0 Å². The highest BCUT2D eigenvalue weighted by Gasteiger charge is 2.29. The van der Waals surface area contributed by atoms with E-state index < -0.39 is 0 Å². The normalized spacial score (nSPS) is 15.9. The molecule has 2 amide bonds. The fourth-order valence-electron chi connectivity index (χ4n) is 4.12. The van der Waals surface area contributed by atoms with Crippen molar-refractivity contribution >= 4 is 22.6 Å². The van der Waals surface area contributed by atoms with E-state index in [-0.39, 0.29) is 17.9 Å². The first-order valence-corrected chi connectivity index (χ1v) is 10.4. The van der Waals surface area contributed by atoms with Gasteiger partial charge in [0.2, 0.25) is 5.91 Å². The summed E-state index contributed by atoms with van der Waals surface area (Å²) in [6.07, 6.45) is 2.22. The fraction of sp³-hybridized carbons (Fsp3) is 0.280. The van der Waals surface area contributed by atoms with Crippen LogP contribution in [0.15, 0.2) is 66.7 Å². The number of hydrogen-bond acceptors (Lipinski definition) is 3. The lowest BCUT2D eigenvalue weighted by Gasteiger charge is -2.25. The second-order valence-corrected chi connectivity index (χ2v) is 7.59. The number of carbonyl (C=O) groups excluding carboxylic acids is 2. The second kappa shape index (κ2) is 8.99. The van der Waals surface area contributed by atoms with Crippen molar-refractivity contribution in [2.45, 2.75) is 25.3 Å². The number of nitrogens with one attached hydrogen (secondary N) is 1. The summed E-state index contributed by atoms with van der Waals surface area (Å²) in [5.74, 6) is 0.716. The number of carbonyl (C=O) groups is 2. The monoisotopic (exact) mass is 402 g/mol. The average molecular weight is 402 g/mol. The van der Waals surface area contributed by atoms with E-state index >= 15 is 0 Å². The lowest BCUT2D eigenvalue weighted by Crippen LogP contribution is -2.34. The Labute approximate surface area is 176 Å². The van der Waals surface area contributed by atoms with Crippen LogP contribution in [0.25, 0.3) is 10.8 Å². The maximum Gasteiger partial charge on any atom is 0.251 e. The minimum Gasteiger partial charge on any atom is -0.497 e. The Morgan fingerprint density at radius 2 is 1.87 bits per heavy atom. The third-order valence-electron chi connectivity index (χ3n) is 5.69. The van der Waals surface area contributed by atoms with E-state index in [4.69, 9.17) is 4.74 Å². The molecule has 30 heavy (non-hydrogen) atoms. The minimum atomic E-state index is -0.153. The topological polar surface area (TPSA) is 58.6 Å². The summed E-state index contributed by atoms with van der Waals surface area (Å²) in [5, 5.41) is 5.01. The molecule has 1 fully saturated rings. The number of rotatable bonds is 6. The van der Waals surface area contributed by atoms with E-state index in [1.54, 1.807) is 7.11 Å². The molecule has 1 aliphatic heterocycles. The summed E-state index contributed by atoms with van der Waals surface area (Å²) in [4.78, 5) is 27.2. The van der Waals surface area contributed by atoms with Crippen LogP contribution in [-0.2, 0) is 4.79 Å². The number of benzene rings is 3. The van der Waals surface area contributed by atoms with Gasteiger partial charge < -0.3 is 15.0 Å². The Hall–Kier alpha value is -3.34. The van der Waals surface area contributed by atoms with Crippen molar-refractivity contribution in [2.24, 2.45) is 0 Å². The van der Waals surface area contributed by atoms with Gasteiger partial charge in [0.25, 0.3) is 5.91 Å². The SMILES string of the molecule is COc1cccc(C2CCCN2C(=O)CCNC(=O)c2ccc3ccccc3c2)c1. The van der Waals surface area contributed by atoms with Crippen LogP contribution >= 0.6 is 0 Å². The molecule has 1 heterocycles. The van der Waals surface area contributed by atoms with E-state index in [0.29, 0.717) is 18.5 Å². The number of likely N-dealkylation sites (tertiary alicyclic amines) is 1. The molecule has 4 rings (SSSR count). The molecule has 5 heteroatoms. The number of fused-ring (bicyclic) bond motifs is 1. The van der Waals surface area contributed by atoms with Gasteiger partial charge in [0.15, 0.2) is 0 Å². The first-order chi connectivity index (χ1) is 14.7. The third kappa shape index (κ3) is 4.30. The van der Waals surface area contributed by atoms with Gasteiger partial charge in [0.1, 0.15) is 5.75 Å². The zero-order valence-electron chi connectivity index (χ0n) is 17.1. The molecule has 1 atom stereocenters. The summed E-state index contributed by atoms with van der Waals surface area (Å²) >= 11 is 0. The van der Waals surface area contributed by atoms with Gasteiger partial charge in [-0.3, -0.25) is 9.59 Å². The summed E-state index contributed by atoms with van der Waals surface area (Å²) in [5.41, 5.74) is 1.71. The van der Waals surface area contributed by atoms with Gasteiger partial charge in [-0.05, 0) is 53.4 Å². The summed E-state index contributed by atoms with van der Waals surface area (Å²) in [7, 11) is 1.65. The van der Waals surface area contributed by atoms with Crippen LogP contribution in [0.5, 0.6) is 5.75 Å². The first-order valence-electron chi connectivity index (χ1n) is 10.4. The van der Waals surface area contributed by atoms with E-state index in [1.165, 1.54) is 0 Å². The molecular formula is C25H26N2O3. The van der Waals surface area contributed by atoms with Gasteiger partial charge in [-0.25, -0.2) is 0 Å². The Morgan fingerprint density at radius 1 is 1.03 bits per heavy atom. The second-order valence-electron chi connectivity index (χ2n) is 7.59. The Morgan fingerprint density at radius 3 is 2.70 bits per heavy atom. The molecular weight excluding hydrogens is 376 g/mol. The molecule has 3 aromatic carbocycles. The van der Waals surface area contributed by atoms with Crippen molar-refractivity contribution in [1.29, 1.82) is 0 Å². The lowest BCUT2D eigenvalue weighted by atomic mass is 10.0. The number of nitrogens with zero attached hydrogens (tertiary/aromatic N) is 1. The van der Waals surface area contributed by atoms with E-state index in [9.17, 15) is 9.59 Å². The number of hydrogen-bond donors (Lipinski definition) is 1. The van der Waals surface area contributed by atoms with Crippen molar-refractivity contribution < 1.29 is 14.3 Å². The van der Waals surface area contributed by atoms with Gasteiger partial charge >= 0.3 is 0 Å². The quantitative estimate of drug-likeness (QED) is 0.668. The number of ether oxygens (including phenoxy) is 1. The molecule has 1 unspecified atom stereocenters. The predicted octanol–water partition coefficient (Wildman–Crippen LogP) is 4.33. The zero-order valence-corrected chi connectivity index (χ0v) is 17.1. The molecule has 3 aromatic rings. The molecule has 0 bridgehead atoms. The van der Waals surface area contributed by atoms with Crippen molar-refractivity contribution in [3.05, 3.63) is 77.9 Å². The lowest BCUT2D eigenvalue weighted by molar-refractivity contribution is -0.132. The number of amides is 2. The molecule has 5 nitrogen and oxygen atoms in total. The molecule has 0 aliphatic carbocycles. The highest BCUT2D eigenvalue weighted by molar-refractivity contribution is 5.98. The Bertz CT molecular complexity index is 1060. The Kier molecular flexibility index (Phi) is 5.98. The summed E-state index contributed by atoms with van der Waals surface area (Å²) < 4.78 is 5.32. The van der Waals surface area contributed by atoms with Crippen LogP contribution in [0.2, 0.25) is 0 Å². The van der Waals surface area contributed by atoms with Gasteiger partial charge in [0, 0.05) is 25.1 Å². The average Bonchev–Trinajstić information content (AvgIpc) is 3.29. The van der Waals surface area contributed by atoms with Crippen LogP contribution in [0.4, 0.5) is 0 Å². The maximum absolute atomic E-state index is 12.8. The molecule has 0 radical (unpaired) electrons. The van der Waals surface area contributed by atoms with Crippen LogP contribution in [0, 0.1) is 0 Å². The standard InChI is InChI=1S/C25H26N2O3/c1-30-22-9-4-8-20(17-22)23-10-5-15-27(23)24(28)13-14-26-25(29)21-12-11-18-6-2-3-7-19(18)16-21/h2-4,6-9,11-12,16-17,23H,5,10,13-15H2,1H3,(H,26,29). The molecule has 0 aromatic heterocycles.